The molecule has 4 nitrogen and oxygen atoms in total. The van der Waals surface area contributed by atoms with Gasteiger partial charge in [0.2, 0.25) is 5.91 Å². The Morgan fingerprint density at radius 3 is 2.89 bits per heavy atom. The number of pyridine rings is 1. The molecule has 1 saturated heterocycles. The SMILES string of the molecule is CC(C)C(NC(=O)C1CCCO1)c1ccccn1. The molecule has 2 unspecified atom stereocenters. The van der Waals surface area contributed by atoms with Gasteiger partial charge in [0, 0.05) is 12.8 Å². The Morgan fingerprint density at radius 2 is 2.33 bits per heavy atom. The van der Waals surface area contributed by atoms with Crippen molar-refractivity contribution in [3.05, 3.63) is 30.1 Å². The van der Waals surface area contributed by atoms with Crippen LogP contribution >= 0.6 is 0 Å². The van der Waals surface area contributed by atoms with Crippen molar-refractivity contribution in [2.45, 2.75) is 38.8 Å². The van der Waals surface area contributed by atoms with E-state index in [1.807, 2.05) is 18.2 Å². The normalized spacial score (nSPS) is 20.9. The third-order valence-electron chi connectivity index (χ3n) is 3.19. The molecule has 0 spiro atoms. The number of hydrogen-bond donors (Lipinski definition) is 1. The van der Waals surface area contributed by atoms with Gasteiger partial charge in [-0.15, -0.1) is 0 Å². The average molecular weight is 248 g/mol. The minimum atomic E-state index is -0.282. The molecule has 0 aliphatic carbocycles. The first kappa shape index (κ1) is 13.0. The standard InChI is InChI=1S/C14H20N2O2/c1-10(2)13(11-6-3-4-8-15-11)16-14(17)12-7-5-9-18-12/h3-4,6,8,10,12-13H,5,7,9H2,1-2H3,(H,16,17). The number of nitrogens with zero attached hydrogens (tertiary/aromatic N) is 1. The predicted molar refractivity (Wildman–Crippen MR) is 68.9 cm³/mol. The van der Waals surface area contributed by atoms with Crippen molar-refractivity contribution in [2.24, 2.45) is 5.92 Å². The molecule has 2 atom stereocenters. The number of rotatable bonds is 4. The topological polar surface area (TPSA) is 51.2 Å². The van der Waals surface area contributed by atoms with Crippen molar-refractivity contribution in [1.82, 2.24) is 10.3 Å². The first-order chi connectivity index (χ1) is 8.68. The van der Waals surface area contributed by atoms with Crippen LogP contribution in [0.1, 0.15) is 38.4 Å². The van der Waals surface area contributed by atoms with E-state index in [0.29, 0.717) is 12.5 Å². The van der Waals surface area contributed by atoms with Gasteiger partial charge in [0.05, 0.1) is 11.7 Å². The summed E-state index contributed by atoms with van der Waals surface area (Å²) >= 11 is 0. The molecule has 4 heteroatoms. The fourth-order valence-corrected chi connectivity index (χ4v) is 2.17. The maximum absolute atomic E-state index is 12.1. The van der Waals surface area contributed by atoms with Gasteiger partial charge in [-0.2, -0.15) is 0 Å². The van der Waals surface area contributed by atoms with Crippen LogP contribution in [0.4, 0.5) is 0 Å². The fraction of sp³-hybridized carbons (Fsp3) is 0.571. The second-order valence-corrected chi connectivity index (χ2v) is 4.99. The summed E-state index contributed by atoms with van der Waals surface area (Å²) in [5, 5.41) is 3.05. The molecule has 2 rings (SSSR count). The molecule has 1 aliphatic heterocycles. The lowest BCUT2D eigenvalue weighted by molar-refractivity contribution is -0.131. The molecule has 2 heterocycles. The molecule has 0 saturated carbocycles. The number of ether oxygens (including phenoxy) is 1. The number of nitrogens with one attached hydrogen (secondary N) is 1. The number of hydrogen-bond acceptors (Lipinski definition) is 3. The van der Waals surface area contributed by atoms with E-state index in [9.17, 15) is 4.79 Å². The van der Waals surface area contributed by atoms with Crippen LogP contribution in [0.25, 0.3) is 0 Å². The van der Waals surface area contributed by atoms with Crippen molar-refractivity contribution in [1.29, 1.82) is 0 Å². The van der Waals surface area contributed by atoms with E-state index in [0.717, 1.165) is 18.5 Å². The number of carbonyl (C=O) groups excluding carboxylic acids is 1. The maximum atomic E-state index is 12.1. The molecule has 0 bridgehead atoms. The van der Waals surface area contributed by atoms with E-state index >= 15 is 0 Å². The largest absolute Gasteiger partial charge is 0.368 e. The maximum Gasteiger partial charge on any atom is 0.249 e. The number of amides is 1. The van der Waals surface area contributed by atoms with Crippen LogP contribution in [-0.2, 0) is 9.53 Å². The molecule has 0 aromatic carbocycles. The van der Waals surface area contributed by atoms with Crippen LogP contribution in [0.2, 0.25) is 0 Å². The molecule has 1 aliphatic rings. The second kappa shape index (κ2) is 5.96. The first-order valence-corrected chi connectivity index (χ1v) is 6.51. The van der Waals surface area contributed by atoms with Crippen molar-refractivity contribution < 1.29 is 9.53 Å². The van der Waals surface area contributed by atoms with E-state index < -0.39 is 0 Å². The average Bonchev–Trinajstić information content (AvgIpc) is 2.90. The fourth-order valence-electron chi connectivity index (χ4n) is 2.17. The summed E-state index contributed by atoms with van der Waals surface area (Å²) in [5.74, 6) is 0.280. The van der Waals surface area contributed by atoms with Gasteiger partial charge in [0.1, 0.15) is 6.10 Å². The van der Waals surface area contributed by atoms with Crippen LogP contribution in [-0.4, -0.2) is 23.6 Å². The van der Waals surface area contributed by atoms with Gasteiger partial charge in [-0.25, -0.2) is 0 Å². The van der Waals surface area contributed by atoms with Gasteiger partial charge in [-0.1, -0.05) is 19.9 Å². The number of aromatic nitrogens is 1. The summed E-state index contributed by atoms with van der Waals surface area (Å²) in [6.45, 7) is 4.85. The molecule has 0 radical (unpaired) electrons. The zero-order valence-electron chi connectivity index (χ0n) is 10.9. The minimum Gasteiger partial charge on any atom is -0.368 e. The molecule has 1 N–H and O–H groups in total. The van der Waals surface area contributed by atoms with Crippen LogP contribution in [0, 0.1) is 5.92 Å². The summed E-state index contributed by atoms with van der Waals surface area (Å²) < 4.78 is 5.40. The highest BCUT2D eigenvalue weighted by Gasteiger charge is 2.27. The molecule has 1 fully saturated rings. The zero-order valence-corrected chi connectivity index (χ0v) is 10.9. The van der Waals surface area contributed by atoms with Crippen LogP contribution in [0.3, 0.4) is 0 Å². The Bertz CT molecular complexity index is 386. The lowest BCUT2D eigenvalue weighted by atomic mass is 10.00. The lowest BCUT2D eigenvalue weighted by Gasteiger charge is -2.23. The van der Waals surface area contributed by atoms with E-state index in [1.54, 1.807) is 6.20 Å². The second-order valence-electron chi connectivity index (χ2n) is 4.99. The molecule has 98 valence electrons. The van der Waals surface area contributed by atoms with Crippen LogP contribution < -0.4 is 5.32 Å². The first-order valence-electron chi connectivity index (χ1n) is 6.51. The van der Waals surface area contributed by atoms with Crippen molar-refractivity contribution in [2.75, 3.05) is 6.61 Å². The Morgan fingerprint density at radius 1 is 1.50 bits per heavy atom. The Kier molecular flexibility index (Phi) is 4.31. The highest BCUT2D eigenvalue weighted by molar-refractivity contribution is 5.81. The Hall–Kier alpha value is -1.42. The van der Waals surface area contributed by atoms with E-state index in [2.05, 4.69) is 24.1 Å². The smallest absolute Gasteiger partial charge is 0.249 e. The van der Waals surface area contributed by atoms with Gasteiger partial charge in [-0.3, -0.25) is 9.78 Å². The Balaban J connectivity index is 2.05. The van der Waals surface area contributed by atoms with Crippen molar-refractivity contribution in [3.63, 3.8) is 0 Å². The summed E-state index contributed by atoms with van der Waals surface area (Å²) in [6, 6.07) is 5.71. The van der Waals surface area contributed by atoms with Crippen LogP contribution in [0.5, 0.6) is 0 Å². The molecule has 1 aromatic rings. The van der Waals surface area contributed by atoms with Crippen molar-refractivity contribution in [3.8, 4) is 0 Å². The predicted octanol–water partition coefficient (Wildman–Crippen LogP) is 2.07. The van der Waals surface area contributed by atoms with Gasteiger partial charge < -0.3 is 10.1 Å². The highest BCUT2D eigenvalue weighted by Crippen LogP contribution is 2.21. The lowest BCUT2D eigenvalue weighted by Crippen LogP contribution is -2.39. The quantitative estimate of drug-likeness (QED) is 0.887. The minimum absolute atomic E-state index is 0.0168. The summed E-state index contributed by atoms with van der Waals surface area (Å²) in [6.07, 6.45) is 3.26. The third kappa shape index (κ3) is 3.07. The van der Waals surface area contributed by atoms with Gasteiger partial charge in [-0.05, 0) is 30.9 Å². The van der Waals surface area contributed by atoms with E-state index in [-0.39, 0.29) is 18.1 Å². The Labute approximate surface area is 108 Å². The third-order valence-corrected chi connectivity index (χ3v) is 3.19. The van der Waals surface area contributed by atoms with Gasteiger partial charge in [0.15, 0.2) is 0 Å². The van der Waals surface area contributed by atoms with Gasteiger partial charge in [0.25, 0.3) is 0 Å². The zero-order chi connectivity index (χ0) is 13.0. The van der Waals surface area contributed by atoms with Crippen LogP contribution in [0.15, 0.2) is 24.4 Å². The van der Waals surface area contributed by atoms with E-state index in [1.165, 1.54) is 0 Å². The molecule has 18 heavy (non-hydrogen) atoms. The summed E-state index contributed by atoms with van der Waals surface area (Å²) in [5.41, 5.74) is 0.902. The molecular weight excluding hydrogens is 228 g/mol. The highest BCUT2D eigenvalue weighted by atomic mass is 16.5. The van der Waals surface area contributed by atoms with Gasteiger partial charge >= 0.3 is 0 Å². The molecule has 1 aromatic heterocycles. The molecular formula is C14H20N2O2. The summed E-state index contributed by atoms with van der Waals surface area (Å²) in [4.78, 5) is 16.4. The summed E-state index contributed by atoms with van der Waals surface area (Å²) in [7, 11) is 0. The number of carbonyl (C=O) groups is 1. The molecule has 1 amide bonds. The van der Waals surface area contributed by atoms with Crippen molar-refractivity contribution >= 4 is 5.91 Å². The van der Waals surface area contributed by atoms with E-state index in [4.69, 9.17) is 4.74 Å². The monoisotopic (exact) mass is 248 g/mol.